The standard InChI is InChI=1S/C27H26N4O6/c1-35-23-12-9-18(15-22(23)32)26(37-27(34)30-19-10-7-17(16-28)8-11-19)24(36-2)13-14-25(33)31-21-6-4-3-5-20(21)29/h3-15,24,26,32H,29H2,1-2H3,(H,30,34)(H,31,33)/b14-13+/t24-,26-/m1/s1. The molecule has 0 saturated carbocycles. The molecule has 3 aromatic carbocycles. The van der Waals surface area contributed by atoms with E-state index in [9.17, 15) is 14.7 Å². The third-order valence-corrected chi connectivity index (χ3v) is 5.25. The number of rotatable bonds is 9. The van der Waals surface area contributed by atoms with Crippen LogP contribution < -0.4 is 21.1 Å². The highest BCUT2D eigenvalue weighted by atomic mass is 16.6. The molecule has 190 valence electrons. The maximum Gasteiger partial charge on any atom is 0.412 e. The number of hydrogen-bond acceptors (Lipinski definition) is 8. The summed E-state index contributed by atoms with van der Waals surface area (Å²) in [6.07, 6.45) is -0.139. The molecule has 0 spiro atoms. The first-order valence-electron chi connectivity index (χ1n) is 11.1. The van der Waals surface area contributed by atoms with Crippen LogP contribution in [0.4, 0.5) is 21.9 Å². The zero-order valence-corrected chi connectivity index (χ0v) is 20.2. The Morgan fingerprint density at radius 2 is 1.78 bits per heavy atom. The molecule has 0 radical (unpaired) electrons. The summed E-state index contributed by atoms with van der Waals surface area (Å²) in [5.41, 5.74) is 7.95. The molecule has 10 heteroatoms. The van der Waals surface area contributed by atoms with Crippen molar-refractivity contribution in [2.24, 2.45) is 0 Å². The van der Waals surface area contributed by atoms with Gasteiger partial charge in [0.1, 0.15) is 6.10 Å². The number of phenolic OH excluding ortho intramolecular Hbond substituents is 1. The molecule has 0 aliphatic rings. The smallest absolute Gasteiger partial charge is 0.412 e. The Labute approximate surface area is 213 Å². The van der Waals surface area contributed by atoms with Crippen LogP contribution in [0.15, 0.2) is 78.9 Å². The molecule has 5 N–H and O–H groups in total. The molecule has 0 heterocycles. The van der Waals surface area contributed by atoms with Gasteiger partial charge in [-0.1, -0.05) is 18.2 Å². The first-order chi connectivity index (χ1) is 17.8. The summed E-state index contributed by atoms with van der Waals surface area (Å²) in [4.78, 5) is 25.2. The highest BCUT2D eigenvalue weighted by Crippen LogP contribution is 2.33. The molecule has 3 aromatic rings. The van der Waals surface area contributed by atoms with Crippen LogP contribution >= 0.6 is 0 Å². The monoisotopic (exact) mass is 502 g/mol. The summed E-state index contributed by atoms with van der Waals surface area (Å²) in [5.74, 6) is -0.413. The zero-order valence-electron chi connectivity index (χ0n) is 20.2. The molecular formula is C27H26N4O6. The molecule has 10 nitrogen and oxygen atoms in total. The molecule has 3 rings (SSSR count). The molecule has 37 heavy (non-hydrogen) atoms. The predicted molar refractivity (Wildman–Crippen MR) is 138 cm³/mol. The number of para-hydroxylation sites is 2. The number of methoxy groups -OCH3 is 2. The van der Waals surface area contributed by atoms with Crippen molar-refractivity contribution in [2.45, 2.75) is 12.2 Å². The maximum atomic E-state index is 12.7. The summed E-state index contributed by atoms with van der Waals surface area (Å²) in [5, 5.41) is 24.5. The Kier molecular flexibility index (Phi) is 9.07. The Morgan fingerprint density at radius 3 is 2.41 bits per heavy atom. The number of nitrogens with two attached hydrogens (primary N) is 1. The Balaban J connectivity index is 1.83. The second-order valence-electron chi connectivity index (χ2n) is 7.71. The lowest BCUT2D eigenvalue weighted by Gasteiger charge is -2.25. The first-order valence-corrected chi connectivity index (χ1v) is 11.1. The molecule has 2 amide bonds. The van der Waals surface area contributed by atoms with Crippen molar-refractivity contribution in [3.8, 4) is 17.6 Å². The number of nitrogens with one attached hydrogen (secondary N) is 2. The number of anilines is 3. The van der Waals surface area contributed by atoms with Gasteiger partial charge in [-0.25, -0.2) is 4.79 Å². The van der Waals surface area contributed by atoms with Gasteiger partial charge in [0.15, 0.2) is 17.6 Å². The fourth-order valence-corrected chi connectivity index (χ4v) is 3.37. The highest BCUT2D eigenvalue weighted by molar-refractivity contribution is 6.01. The van der Waals surface area contributed by atoms with E-state index in [4.69, 9.17) is 25.2 Å². The lowest BCUT2D eigenvalue weighted by molar-refractivity contribution is -0.112. The number of amides is 2. The quantitative estimate of drug-likeness (QED) is 0.248. The average molecular weight is 503 g/mol. The van der Waals surface area contributed by atoms with E-state index < -0.39 is 24.2 Å². The van der Waals surface area contributed by atoms with Gasteiger partial charge in [-0.2, -0.15) is 5.26 Å². The SMILES string of the molecule is COc1ccc([C@@H](OC(=O)Nc2ccc(C#N)cc2)[C@@H](/C=C/C(=O)Nc2ccccc2N)OC)cc1O. The van der Waals surface area contributed by atoms with Gasteiger partial charge in [-0.05, 0) is 60.2 Å². The second kappa shape index (κ2) is 12.6. The van der Waals surface area contributed by atoms with Gasteiger partial charge in [-0.15, -0.1) is 0 Å². The lowest BCUT2D eigenvalue weighted by Crippen LogP contribution is -2.27. The van der Waals surface area contributed by atoms with Crippen molar-refractivity contribution >= 4 is 29.1 Å². The minimum atomic E-state index is -1.06. The highest BCUT2D eigenvalue weighted by Gasteiger charge is 2.27. The van der Waals surface area contributed by atoms with Crippen LogP contribution in [0, 0.1) is 11.3 Å². The predicted octanol–water partition coefficient (Wildman–Crippen LogP) is 4.35. The number of ether oxygens (including phenoxy) is 3. The summed E-state index contributed by atoms with van der Waals surface area (Å²) in [6, 6.07) is 19.5. The van der Waals surface area contributed by atoms with E-state index in [0.29, 0.717) is 28.2 Å². The summed E-state index contributed by atoms with van der Waals surface area (Å²) < 4.78 is 16.3. The van der Waals surface area contributed by atoms with E-state index >= 15 is 0 Å². The van der Waals surface area contributed by atoms with Crippen LogP contribution in [-0.2, 0) is 14.3 Å². The van der Waals surface area contributed by atoms with Crippen molar-refractivity contribution in [3.05, 3.63) is 90.0 Å². The van der Waals surface area contributed by atoms with Gasteiger partial charge in [0, 0.05) is 18.9 Å². The van der Waals surface area contributed by atoms with Crippen molar-refractivity contribution in [1.29, 1.82) is 5.26 Å². The summed E-state index contributed by atoms with van der Waals surface area (Å²) in [7, 11) is 2.80. The molecule has 0 saturated heterocycles. The summed E-state index contributed by atoms with van der Waals surface area (Å²) in [6.45, 7) is 0. The number of phenols is 1. The van der Waals surface area contributed by atoms with Crippen molar-refractivity contribution < 1.29 is 28.9 Å². The third kappa shape index (κ3) is 7.24. The molecule has 0 aromatic heterocycles. The van der Waals surface area contributed by atoms with Gasteiger partial charge in [0.2, 0.25) is 5.91 Å². The molecule has 0 aliphatic heterocycles. The van der Waals surface area contributed by atoms with Gasteiger partial charge < -0.3 is 30.4 Å². The van der Waals surface area contributed by atoms with E-state index in [1.165, 1.54) is 38.5 Å². The van der Waals surface area contributed by atoms with E-state index in [0.717, 1.165) is 0 Å². The topological polar surface area (TPSA) is 156 Å². The van der Waals surface area contributed by atoms with Gasteiger partial charge >= 0.3 is 6.09 Å². The van der Waals surface area contributed by atoms with E-state index in [1.54, 1.807) is 54.6 Å². The zero-order chi connectivity index (χ0) is 26.8. The minimum absolute atomic E-state index is 0.169. The van der Waals surface area contributed by atoms with Crippen LogP contribution in [0.2, 0.25) is 0 Å². The Hall–Kier alpha value is -5.01. The molecule has 0 bridgehead atoms. The Morgan fingerprint density at radius 1 is 1.05 bits per heavy atom. The molecule has 2 atom stereocenters. The largest absolute Gasteiger partial charge is 0.504 e. The van der Waals surface area contributed by atoms with Gasteiger partial charge in [0.25, 0.3) is 0 Å². The van der Waals surface area contributed by atoms with E-state index in [1.807, 2.05) is 6.07 Å². The molecule has 0 unspecified atom stereocenters. The van der Waals surface area contributed by atoms with Crippen LogP contribution in [0.25, 0.3) is 0 Å². The van der Waals surface area contributed by atoms with Gasteiger partial charge in [0.05, 0.1) is 30.1 Å². The number of benzene rings is 3. The number of hydrogen-bond donors (Lipinski definition) is 4. The maximum absolute atomic E-state index is 12.7. The average Bonchev–Trinajstić information content (AvgIpc) is 2.90. The fraction of sp³-hybridized carbons (Fsp3) is 0.148. The van der Waals surface area contributed by atoms with E-state index in [2.05, 4.69) is 10.6 Å². The van der Waals surface area contributed by atoms with Crippen molar-refractivity contribution in [1.82, 2.24) is 0 Å². The van der Waals surface area contributed by atoms with Crippen LogP contribution in [0.5, 0.6) is 11.5 Å². The van der Waals surface area contributed by atoms with Crippen LogP contribution in [0.3, 0.4) is 0 Å². The Bertz CT molecular complexity index is 1320. The normalized spacial score (nSPS) is 12.2. The lowest BCUT2D eigenvalue weighted by atomic mass is 10.0. The number of carbonyl (C=O) groups is 2. The first kappa shape index (κ1) is 26.6. The molecular weight excluding hydrogens is 476 g/mol. The van der Waals surface area contributed by atoms with Crippen molar-refractivity contribution in [2.75, 3.05) is 30.6 Å². The second-order valence-corrected chi connectivity index (χ2v) is 7.71. The number of aromatic hydroxyl groups is 1. The molecule has 0 fully saturated rings. The number of nitrogens with zero attached hydrogens (tertiary/aromatic N) is 1. The van der Waals surface area contributed by atoms with Crippen LogP contribution in [0.1, 0.15) is 17.2 Å². The van der Waals surface area contributed by atoms with Gasteiger partial charge in [-0.3, -0.25) is 10.1 Å². The number of nitriles is 1. The fourth-order valence-electron chi connectivity index (χ4n) is 3.37. The third-order valence-electron chi connectivity index (χ3n) is 5.25. The summed E-state index contributed by atoms with van der Waals surface area (Å²) >= 11 is 0. The van der Waals surface area contributed by atoms with E-state index in [-0.39, 0.29) is 11.5 Å². The van der Waals surface area contributed by atoms with Crippen LogP contribution in [-0.4, -0.2) is 37.4 Å². The minimum Gasteiger partial charge on any atom is -0.504 e. The number of carbonyl (C=O) groups excluding carboxylic acids is 2. The number of nitrogen functional groups attached to an aromatic ring is 1. The molecule has 0 aliphatic carbocycles. The van der Waals surface area contributed by atoms with Crippen molar-refractivity contribution in [3.63, 3.8) is 0 Å².